The second kappa shape index (κ2) is 10.1. The molecule has 1 atom stereocenters. The fraction of sp³-hybridized carbons (Fsp3) is 0.381. The van der Waals surface area contributed by atoms with E-state index in [-0.39, 0.29) is 18.5 Å². The minimum absolute atomic E-state index is 0.225. The minimum atomic E-state index is -3.63. The summed E-state index contributed by atoms with van der Waals surface area (Å²) in [6, 6.07) is 14.2. The van der Waals surface area contributed by atoms with Crippen LogP contribution >= 0.6 is 15.9 Å². The van der Waals surface area contributed by atoms with Crippen LogP contribution in [0.25, 0.3) is 0 Å². The van der Waals surface area contributed by atoms with Crippen LogP contribution in [0.5, 0.6) is 5.75 Å². The number of sulfonamides is 1. The number of nitrogens with one attached hydrogen (secondary N) is 1. The fourth-order valence-corrected chi connectivity index (χ4v) is 4.22. The molecule has 0 bridgehead atoms. The van der Waals surface area contributed by atoms with Gasteiger partial charge >= 0.3 is 0 Å². The molecular weight excluding hydrogens is 456 g/mol. The van der Waals surface area contributed by atoms with Crippen LogP contribution in [0, 0.1) is 5.92 Å². The van der Waals surface area contributed by atoms with Gasteiger partial charge in [-0.2, -0.15) is 0 Å². The van der Waals surface area contributed by atoms with E-state index in [2.05, 4.69) is 35.1 Å². The Bertz CT molecular complexity index is 930. The standard InChI is InChI=1S/C21H27BrN2O4S/c1-15(2)12-20(16-8-10-19(28-3)11-9-16)23-21(25)14-24(29(4,26)27)18-7-5-6-17(22)13-18/h5-11,13,15,20H,12,14H2,1-4H3,(H,23,25)/t20-/m0/s1. The predicted molar refractivity (Wildman–Crippen MR) is 120 cm³/mol. The molecule has 0 radical (unpaired) electrons. The molecule has 0 aliphatic heterocycles. The number of hydrogen-bond donors (Lipinski definition) is 1. The molecule has 2 rings (SSSR count). The molecule has 8 heteroatoms. The third-order valence-corrected chi connectivity index (χ3v) is 5.98. The Balaban J connectivity index is 2.22. The molecule has 1 N–H and O–H groups in total. The van der Waals surface area contributed by atoms with Crippen molar-refractivity contribution < 1.29 is 17.9 Å². The lowest BCUT2D eigenvalue weighted by Gasteiger charge is -2.25. The third kappa shape index (κ3) is 7.04. The smallest absolute Gasteiger partial charge is 0.241 e. The molecule has 0 saturated carbocycles. The van der Waals surface area contributed by atoms with Gasteiger partial charge in [-0.25, -0.2) is 8.42 Å². The van der Waals surface area contributed by atoms with E-state index in [1.54, 1.807) is 31.4 Å². The lowest BCUT2D eigenvalue weighted by atomic mass is 9.97. The van der Waals surface area contributed by atoms with E-state index in [0.29, 0.717) is 11.6 Å². The van der Waals surface area contributed by atoms with Crippen LogP contribution < -0.4 is 14.4 Å². The molecule has 6 nitrogen and oxygen atoms in total. The average molecular weight is 483 g/mol. The number of hydrogen-bond acceptors (Lipinski definition) is 4. The van der Waals surface area contributed by atoms with Crippen LogP contribution in [0.1, 0.15) is 31.9 Å². The lowest BCUT2D eigenvalue weighted by molar-refractivity contribution is -0.120. The Morgan fingerprint density at radius 1 is 1.17 bits per heavy atom. The van der Waals surface area contributed by atoms with E-state index < -0.39 is 10.0 Å². The van der Waals surface area contributed by atoms with Crippen LogP contribution in [-0.4, -0.2) is 34.2 Å². The monoisotopic (exact) mass is 482 g/mol. The molecule has 158 valence electrons. The number of halogens is 1. The molecule has 0 spiro atoms. The molecule has 2 aromatic carbocycles. The van der Waals surface area contributed by atoms with Crippen LogP contribution in [0.4, 0.5) is 5.69 Å². The van der Waals surface area contributed by atoms with Gasteiger partial charge in [-0.3, -0.25) is 9.10 Å². The van der Waals surface area contributed by atoms with Gasteiger partial charge in [0.25, 0.3) is 0 Å². The Morgan fingerprint density at radius 2 is 1.83 bits per heavy atom. The topological polar surface area (TPSA) is 75.7 Å². The molecule has 29 heavy (non-hydrogen) atoms. The maximum atomic E-state index is 12.8. The van der Waals surface area contributed by atoms with E-state index in [0.717, 1.165) is 32.8 Å². The quantitative estimate of drug-likeness (QED) is 0.582. The number of methoxy groups -OCH3 is 1. The highest BCUT2D eigenvalue weighted by atomic mass is 79.9. The van der Waals surface area contributed by atoms with Gasteiger partial charge in [-0.15, -0.1) is 0 Å². The Hall–Kier alpha value is -2.06. The average Bonchev–Trinajstić information content (AvgIpc) is 2.64. The van der Waals surface area contributed by atoms with Gasteiger partial charge in [0.2, 0.25) is 15.9 Å². The fourth-order valence-electron chi connectivity index (χ4n) is 2.99. The number of benzene rings is 2. The van der Waals surface area contributed by atoms with Gasteiger partial charge < -0.3 is 10.1 Å². The molecule has 0 saturated heterocycles. The van der Waals surface area contributed by atoms with E-state index in [1.807, 2.05) is 24.3 Å². The maximum Gasteiger partial charge on any atom is 0.241 e. The van der Waals surface area contributed by atoms with E-state index >= 15 is 0 Å². The molecular formula is C21H27BrN2O4S. The van der Waals surface area contributed by atoms with E-state index in [9.17, 15) is 13.2 Å². The molecule has 1 amide bonds. The maximum absolute atomic E-state index is 12.8. The summed E-state index contributed by atoms with van der Waals surface area (Å²) in [4.78, 5) is 12.8. The zero-order valence-corrected chi connectivity index (χ0v) is 19.5. The first-order valence-electron chi connectivity index (χ1n) is 9.26. The van der Waals surface area contributed by atoms with Crippen molar-refractivity contribution in [3.63, 3.8) is 0 Å². The Labute approximate surface area is 181 Å². The highest BCUT2D eigenvalue weighted by Crippen LogP contribution is 2.25. The first-order valence-corrected chi connectivity index (χ1v) is 11.9. The molecule has 0 aromatic heterocycles. The second-order valence-electron chi connectivity index (χ2n) is 7.27. The van der Waals surface area contributed by atoms with Gasteiger partial charge in [0.15, 0.2) is 0 Å². The molecule has 2 aromatic rings. The number of carbonyl (C=O) groups excluding carboxylic acids is 1. The van der Waals surface area contributed by atoms with Crippen LogP contribution in [0.2, 0.25) is 0 Å². The zero-order chi connectivity index (χ0) is 21.6. The molecule has 0 heterocycles. The minimum Gasteiger partial charge on any atom is -0.497 e. The van der Waals surface area contributed by atoms with Crippen molar-refractivity contribution in [3.8, 4) is 5.75 Å². The number of amides is 1. The zero-order valence-electron chi connectivity index (χ0n) is 17.1. The van der Waals surface area contributed by atoms with Gasteiger partial charge in [0.1, 0.15) is 12.3 Å². The summed E-state index contributed by atoms with van der Waals surface area (Å²) in [7, 11) is -2.03. The van der Waals surface area contributed by atoms with Crippen LogP contribution in [0.15, 0.2) is 53.0 Å². The number of anilines is 1. The summed E-state index contributed by atoms with van der Waals surface area (Å²) in [5, 5.41) is 2.99. The van der Waals surface area contributed by atoms with Crippen molar-refractivity contribution in [3.05, 3.63) is 58.6 Å². The largest absolute Gasteiger partial charge is 0.497 e. The third-order valence-electron chi connectivity index (χ3n) is 4.34. The summed E-state index contributed by atoms with van der Waals surface area (Å²) in [6.45, 7) is 3.86. The van der Waals surface area contributed by atoms with E-state index in [1.165, 1.54) is 0 Å². The first kappa shape index (κ1) is 23.2. The predicted octanol–water partition coefficient (Wildman–Crippen LogP) is 4.13. The van der Waals surface area contributed by atoms with Crippen LogP contribution in [-0.2, 0) is 14.8 Å². The number of ether oxygens (including phenoxy) is 1. The summed E-state index contributed by atoms with van der Waals surface area (Å²) < 4.78 is 31.6. The van der Waals surface area contributed by atoms with Crippen molar-refractivity contribution in [2.75, 3.05) is 24.2 Å². The van der Waals surface area contributed by atoms with Crippen molar-refractivity contribution in [2.45, 2.75) is 26.3 Å². The summed E-state index contributed by atoms with van der Waals surface area (Å²) in [6.07, 6.45) is 1.82. The van der Waals surface area contributed by atoms with Crippen molar-refractivity contribution in [2.24, 2.45) is 5.92 Å². The van der Waals surface area contributed by atoms with Gasteiger partial charge in [0.05, 0.1) is 25.1 Å². The normalized spacial score (nSPS) is 12.5. The van der Waals surface area contributed by atoms with Crippen molar-refractivity contribution in [1.82, 2.24) is 5.32 Å². The Kier molecular flexibility index (Phi) is 8.10. The summed E-state index contributed by atoms with van der Waals surface area (Å²) in [5.41, 5.74) is 1.38. The highest BCUT2D eigenvalue weighted by Gasteiger charge is 2.23. The molecule has 0 fully saturated rings. The SMILES string of the molecule is COc1ccc([C@H](CC(C)C)NC(=O)CN(c2cccc(Br)c2)S(C)(=O)=O)cc1. The van der Waals surface area contributed by atoms with Crippen molar-refractivity contribution >= 4 is 37.5 Å². The molecule has 0 aliphatic rings. The summed E-state index contributed by atoms with van der Waals surface area (Å²) >= 11 is 3.34. The first-order chi connectivity index (χ1) is 13.6. The van der Waals surface area contributed by atoms with Gasteiger partial charge in [0, 0.05) is 4.47 Å². The number of carbonyl (C=O) groups is 1. The highest BCUT2D eigenvalue weighted by molar-refractivity contribution is 9.10. The molecule has 0 aliphatic carbocycles. The summed E-state index contributed by atoms with van der Waals surface area (Å²) in [5.74, 6) is 0.719. The van der Waals surface area contributed by atoms with Gasteiger partial charge in [-0.05, 0) is 48.2 Å². The van der Waals surface area contributed by atoms with Crippen molar-refractivity contribution in [1.29, 1.82) is 0 Å². The second-order valence-corrected chi connectivity index (χ2v) is 10.1. The number of rotatable bonds is 9. The Morgan fingerprint density at radius 3 is 2.34 bits per heavy atom. The van der Waals surface area contributed by atoms with Gasteiger partial charge in [-0.1, -0.05) is 48.0 Å². The number of nitrogens with zero attached hydrogens (tertiary/aromatic N) is 1. The molecule has 0 unspecified atom stereocenters. The van der Waals surface area contributed by atoms with Crippen LogP contribution in [0.3, 0.4) is 0 Å². The van der Waals surface area contributed by atoms with E-state index in [4.69, 9.17) is 4.74 Å². The lowest BCUT2D eigenvalue weighted by Crippen LogP contribution is -2.41.